The Morgan fingerprint density at radius 2 is 2.15 bits per heavy atom. The minimum absolute atomic E-state index is 0.507. The third-order valence-electron chi connectivity index (χ3n) is 3.61. The molecule has 0 spiro atoms. The van der Waals surface area contributed by atoms with Crippen molar-refractivity contribution >= 4 is 34.3 Å². The number of methoxy groups -OCH3 is 1. The molecule has 0 atom stereocenters. The van der Waals surface area contributed by atoms with Crippen LogP contribution in [0.5, 0.6) is 11.5 Å². The molecule has 0 aliphatic rings. The smallest absolute Gasteiger partial charge is 0.168 e. The highest BCUT2D eigenvalue weighted by Gasteiger charge is 2.13. The molecule has 0 fully saturated rings. The van der Waals surface area contributed by atoms with Crippen LogP contribution in [-0.2, 0) is 0 Å². The summed E-state index contributed by atoms with van der Waals surface area (Å²) in [5, 5.41) is 14.3. The minimum Gasteiger partial charge on any atom is -0.493 e. The maximum absolute atomic E-state index is 9.65. The summed E-state index contributed by atoms with van der Waals surface area (Å²) in [7, 11) is 1.61. The van der Waals surface area contributed by atoms with Gasteiger partial charge in [0.2, 0.25) is 0 Å². The van der Waals surface area contributed by atoms with Crippen LogP contribution in [0.1, 0.15) is 23.9 Å². The molecule has 4 nitrogen and oxygen atoms in total. The second kappa shape index (κ2) is 8.65. The standard InChI is InChI=1S/C20H18N2O2S2/c1-3-9-24-19-14(6-4-7-17(19)23-2)11-15(12-21)20-22-16(13-26-20)18-8-5-10-25-18/h4-8,10-11,13H,3,9H2,1-2H3/b15-11-. The fourth-order valence-electron chi connectivity index (χ4n) is 2.40. The molecule has 0 saturated carbocycles. The zero-order valence-corrected chi connectivity index (χ0v) is 16.2. The number of benzene rings is 1. The van der Waals surface area contributed by atoms with Crippen LogP contribution in [0.15, 0.2) is 41.1 Å². The van der Waals surface area contributed by atoms with Gasteiger partial charge in [-0.25, -0.2) is 4.98 Å². The van der Waals surface area contributed by atoms with Gasteiger partial charge in [0, 0.05) is 10.9 Å². The quantitative estimate of drug-likeness (QED) is 0.489. The Labute approximate surface area is 161 Å². The molecular weight excluding hydrogens is 364 g/mol. The molecule has 6 heteroatoms. The van der Waals surface area contributed by atoms with Gasteiger partial charge in [-0.05, 0) is 30.0 Å². The molecule has 0 radical (unpaired) electrons. The zero-order chi connectivity index (χ0) is 18.4. The van der Waals surface area contributed by atoms with Crippen molar-refractivity contribution in [1.29, 1.82) is 5.26 Å². The Hall–Kier alpha value is -2.62. The largest absolute Gasteiger partial charge is 0.493 e. The number of hydrogen-bond donors (Lipinski definition) is 0. The Balaban J connectivity index is 1.98. The fourth-order valence-corrected chi connectivity index (χ4v) is 3.94. The number of thiazole rings is 1. The van der Waals surface area contributed by atoms with Gasteiger partial charge in [0.25, 0.3) is 0 Å². The number of thiophene rings is 1. The van der Waals surface area contributed by atoms with Crippen molar-refractivity contribution in [3.63, 3.8) is 0 Å². The third kappa shape index (κ3) is 3.96. The summed E-state index contributed by atoms with van der Waals surface area (Å²) in [6.45, 7) is 2.64. The summed E-state index contributed by atoms with van der Waals surface area (Å²) in [5.41, 5.74) is 2.21. The highest BCUT2D eigenvalue weighted by molar-refractivity contribution is 7.14. The predicted octanol–water partition coefficient (Wildman–Crippen LogP) is 5.73. The van der Waals surface area contributed by atoms with E-state index in [0.29, 0.717) is 28.7 Å². The van der Waals surface area contributed by atoms with Crippen molar-refractivity contribution in [2.45, 2.75) is 13.3 Å². The van der Waals surface area contributed by atoms with Crippen molar-refractivity contribution in [3.8, 4) is 28.1 Å². The number of rotatable bonds is 7. The summed E-state index contributed by atoms with van der Waals surface area (Å²) in [6, 6.07) is 11.9. The molecule has 0 aliphatic heterocycles. The number of hydrogen-bond acceptors (Lipinski definition) is 6. The lowest BCUT2D eigenvalue weighted by atomic mass is 10.1. The summed E-state index contributed by atoms with van der Waals surface area (Å²) in [5.74, 6) is 1.31. The van der Waals surface area contributed by atoms with Crippen LogP contribution >= 0.6 is 22.7 Å². The first-order valence-corrected chi connectivity index (χ1v) is 9.94. The van der Waals surface area contributed by atoms with Gasteiger partial charge < -0.3 is 9.47 Å². The number of nitriles is 1. The molecule has 0 bridgehead atoms. The number of ether oxygens (including phenoxy) is 2. The minimum atomic E-state index is 0.507. The van der Waals surface area contributed by atoms with Gasteiger partial charge in [0.05, 0.1) is 29.9 Å². The van der Waals surface area contributed by atoms with Crippen molar-refractivity contribution < 1.29 is 9.47 Å². The number of allylic oxidation sites excluding steroid dienone is 1. The van der Waals surface area contributed by atoms with Gasteiger partial charge in [-0.15, -0.1) is 22.7 Å². The molecule has 26 heavy (non-hydrogen) atoms. The van der Waals surface area contributed by atoms with Crippen LogP contribution in [-0.4, -0.2) is 18.7 Å². The molecule has 2 heterocycles. The Morgan fingerprint density at radius 1 is 1.27 bits per heavy atom. The zero-order valence-electron chi connectivity index (χ0n) is 14.6. The highest BCUT2D eigenvalue weighted by Crippen LogP contribution is 2.35. The van der Waals surface area contributed by atoms with Crippen molar-refractivity contribution in [1.82, 2.24) is 4.98 Å². The van der Waals surface area contributed by atoms with E-state index in [1.807, 2.05) is 54.1 Å². The Morgan fingerprint density at radius 3 is 2.85 bits per heavy atom. The van der Waals surface area contributed by atoms with E-state index in [1.54, 1.807) is 18.4 Å². The second-order valence-corrected chi connectivity index (χ2v) is 7.22. The number of para-hydroxylation sites is 1. The van der Waals surface area contributed by atoms with Gasteiger partial charge in [0.1, 0.15) is 11.1 Å². The van der Waals surface area contributed by atoms with E-state index < -0.39 is 0 Å². The van der Waals surface area contributed by atoms with E-state index in [0.717, 1.165) is 22.6 Å². The topological polar surface area (TPSA) is 55.1 Å². The van der Waals surface area contributed by atoms with Crippen LogP contribution in [0, 0.1) is 11.3 Å². The lowest BCUT2D eigenvalue weighted by molar-refractivity contribution is 0.293. The molecule has 3 aromatic rings. The predicted molar refractivity (Wildman–Crippen MR) is 108 cm³/mol. The van der Waals surface area contributed by atoms with Crippen LogP contribution in [0.25, 0.3) is 22.2 Å². The fraction of sp³-hybridized carbons (Fsp3) is 0.200. The SMILES string of the molecule is CCCOc1c(/C=C(/C#N)c2nc(-c3cccs3)cs2)cccc1OC. The highest BCUT2D eigenvalue weighted by atomic mass is 32.1. The molecule has 0 N–H and O–H groups in total. The average Bonchev–Trinajstić information content (AvgIpc) is 3.36. The van der Waals surface area contributed by atoms with Crippen molar-refractivity contribution in [3.05, 3.63) is 51.7 Å². The van der Waals surface area contributed by atoms with Gasteiger partial charge >= 0.3 is 0 Å². The summed E-state index contributed by atoms with van der Waals surface area (Å²) in [6.07, 6.45) is 2.70. The molecule has 0 amide bonds. The lowest BCUT2D eigenvalue weighted by Gasteiger charge is -2.12. The van der Waals surface area contributed by atoms with Gasteiger partial charge in [0.15, 0.2) is 11.5 Å². The van der Waals surface area contributed by atoms with Gasteiger partial charge in [-0.2, -0.15) is 5.26 Å². The summed E-state index contributed by atoms with van der Waals surface area (Å²) >= 11 is 3.10. The first-order valence-electron chi connectivity index (χ1n) is 8.18. The number of nitrogens with zero attached hydrogens (tertiary/aromatic N) is 2. The lowest BCUT2D eigenvalue weighted by Crippen LogP contribution is -1.99. The molecule has 132 valence electrons. The number of aromatic nitrogens is 1. The Bertz CT molecular complexity index is 937. The van der Waals surface area contributed by atoms with Crippen LogP contribution in [0.3, 0.4) is 0 Å². The van der Waals surface area contributed by atoms with E-state index in [1.165, 1.54) is 11.3 Å². The average molecular weight is 383 g/mol. The van der Waals surface area contributed by atoms with Gasteiger partial charge in [-0.1, -0.05) is 25.1 Å². The van der Waals surface area contributed by atoms with E-state index in [2.05, 4.69) is 11.1 Å². The molecule has 3 rings (SSSR count). The Kier molecular flexibility index (Phi) is 6.05. The van der Waals surface area contributed by atoms with Crippen LogP contribution in [0.4, 0.5) is 0 Å². The maximum atomic E-state index is 9.65. The molecule has 0 unspecified atom stereocenters. The molecule has 0 saturated heterocycles. The van der Waals surface area contributed by atoms with E-state index in [-0.39, 0.29) is 0 Å². The maximum Gasteiger partial charge on any atom is 0.168 e. The monoisotopic (exact) mass is 382 g/mol. The molecular formula is C20H18N2O2S2. The normalized spacial score (nSPS) is 11.2. The first kappa shape index (κ1) is 18.2. The summed E-state index contributed by atoms with van der Waals surface area (Å²) < 4.78 is 11.3. The molecule has 1 aromatic carbocycles. The van der Waals surface area contributed by atoms with Crippen LogP contribution < -0.4 is 9.47 Å². The first-order chi connectivity index (χ1) is 12.8. The molecule has 2 aromatic heterocycles. The van der Waals surface area contributed by atoms with E-state index >= 15 is 0 Å². The van der Waals surface area contributed by atoms with E-state index in [4.69, 9.17) is 9.47 Å². The van der Waals surface area contributed by atoms with Crippen LogP contribution in [0.2, 0.25) is 0 Å². The van der Waals surface area contributed by atoms with E-state index in [9.17, 15) is 5.26 Å². The third-order valence-corrected chi connectivity index (χ3v) is 5.38. The van der Waals surface area contributed by atoms with Gasteiger partial charge in [-0.3, -0.25) is 0 Å². The second-order valence-electron chi connectivity index (χ2n) is 5.41. The summed E-state index contributed by atoms with van der Waals surface area (Å²) in [4.78, 5) is 5.72. The molecule has 0 aliphatic carbocycles. The van der Waals surface area contributed by atoms with Crippen molar-refractivity contribution in [2.75, 3.05) is 13.7 Å². The van der Waals surface area contributed by atoms with Crippen molar-refractivity contribution in [2.24, 2.45) is 0 Å².